The first-order chi connectivity index (χ1) is 13.6. The van der Waals surface area contributed by atoms with Gasteiger partial charge in [0.1, 0.15) is 0 Å². The molecule has 2 heterocycles. The lowest BCUT2D eigenvalue weighted by Gasteiger charge is -2.09. The minimum Gasteiger partial charge on any atom is -0.454 e. The van der Waals surface area contributed by atoms with Crippen molar-refractivity contribution in [1.82, 2.24) is 15.2 Å². The van der Waals surface area contributed by atoms with Crippen molar-refractivity contribution in [3.63, 3.8) is 0 Å². The Hall–Kier alpha value is -3.68. The number of nitrogens with zero attached hydrogens (tertiary/aromatic N) is 3. The van der Waals surface area contributed by atoms with E-state index in [1.54, 1.807) is 50.2 Å². The van der Waals surface area contributed by atoms with Crippen molar-refractivity contribution in [2.45, 2.75) is 20.4 Å². The molecule has 0 aliphatic carbocycles. The number of ether oxygens (including phenoxy) is 2. The Morgan fingerprint density at radius 1 is 1.18 bits per heavy atom. The van der Waals surface area contributed by atoms with Crippen LogP contribution in [-0.4, -0.2) is 28.2 Å². The van der Waals surface area contributed by atoms with Gasteiger partial charge in [-0.1, -0.05) is 18.2 Å². The van der Waals surface area contributed by atoms with E-state index in [9.17, 15) is 9.59 Å². The van der Waals surface area contributed by atoms with Crippen LogP contribution in [0.4, 0.5) is 0 Å². The fourth-order valence-corrected chi connectivity index (χ4v) is 2.99. The summed E-state index contributed by atoms with van der Waals surface area (Å²) in [5.41, 5.74) is 3.84. The van der Waals surface area contributed by atoms with Crippen molar-refractivity contribution in [2.75, 3.05) is 6.79 Å². The highest BCUT2D eigenvalue weighted by atomic mass is 16.7. The number of hydrazone groups is 1. The van der Waals surface area contributed by atoms with Gasteiger partial charge < -0.3 is 9.47 Å². The third kappa shape index (κ3) is 3.09. The minimum absolute atomic E-state index is 0.152. The summed E-state index contributed by atoms with van der Waals surface area (Å²) < 4.78 is 11.9. The molecule has 0 radical (unpaired) electrons. The molecule has 2 aromatic carbocycles. The molecule has 8 nitrogen and oxygen atoms in total. The Labute approximate surface area is 160 Å². The second-order valence-corrected chi connectivity index (χ2v) is 6.22. The molecule has 0 spiro atoms. The maximum atomic E-state index is 12.7. The number of benzene rings is 2. The van der Waals surface area contributed by atoms with Gasteiger partial charge in [0.25, 0.3) is 11.5 Å². The number of hydrogen-bond acceptors (Lipinski definition) is 6. The smallest absolute Gasteiger partial charge is 0.292 e. The standard InChI is InChI=1S/C20H18N4O4/c1-3-24-20(26)15-7-5-4-6-14(15)18(23-24)19(25)22-21-12(2)13-8-9-16-17(10-13)28-11-27-16/h4-10H,3,11H2,1-2H3,(H,22,25)/b21-12+. The van der Waals surface area contributed by atoms with Crippen LogP contribution in [0.5, 0.6) is 11.5 Å². The number of aryl methyl sites for hydroxylation is 1. The van der Waals surface area contributed by atoms with Gasteiger partial charge in [-0.15, -0.1) is 0 Å². The number of carbonyl (C=O) groups excluding carboxylic acids is 1. The first-order valence-electron chi connectivity index (χ1n) is 8.83. The van der Waals surface area contributed by atoms with Crippen molar-refractivity contribution in [1.29, 1.82) is 0 Å². The molecule has 1 aromatic heterocycles. The Morgan fingerprint density at radius 3 is 2.71 bits per heavy atom. The number of rotatable bonds is 4. The zero-order chi connectivity index (χ0) is 19.7. The van der Waals surface area contributed by atoms with E-state index in [2.05, 4.69) is 15.6 Å². The maximum Gasteiger partial charge on any atom is 0.292 e. The van der Waals surface area contributed by atoms with Crippen LogP contribution in [0.2, 0.25) is 0 Å². The third-order valence-electron chi connectivity index (χ3n) is 4.50. The first kappa shape index (κ1) is 17.7. The SMILES string of the molecule is CCn1nc(C(=O)N/N=C(\C)c2ccc3c(c2)OCO3)c2ccccc2c1=O. The Bertz CT molecular complexity index is 1170. The van der Waals surface area contributed by atoms with Crippen molar-refractivity contribution in [2.24, 2.45) is 5.10 Å². The molecule has 142 valence electrons. The minimum atomic E-state index is -0.488. The summed E-state index contributed by atoms with van der Waals surface area (Å²) in [6.07, 6.45) is 0. The molecular weight excluding hydrogens is 360 g/mol. The molecule has 1 amide bonds. The van der Waals surface area contributed by atoms with E-state index in [1.165, 1.54) is 4.68 Å². The van der Waals surface area contributed by atoms with Gasteiger partial charge in [-0.25, -0.2) is 10.1 Å². The predicted molar refractivity (Wildman–Crippen MR) is 104 cm³/mol. The molecule has 0 saturated carbocycles. The monoisotopic (exact) mass is 378 g/mol. The summed E-state index contributed by atoms with van der Waals surface area (Å²) in [6, 6.07) is 12.3. The molecule has 1 aliphatic heterocycles. The fraction of sp³-hybridized carbons (Fsp3) is 0.200. The van der Waals surface area contributed by atoms with Crippen LogP contribution in [0.25, 0.3) is 10.8 Å². The molecule has 28 heavy (non-hydrogen) atoms. The topological polar surface area (TPSA) is 94.8 Å². The van der Waals surface area contributed by atoms with E-state index in [0.29, 0.717) is 34.5 Å². The van der Waals surface area contributed by atoms with Crippen LogP contribution in [0.1, 0.15) is 29.9 Å². The van der Waals surface area contributed by atoms with Gasteiger partial charge in [0, 0.05) is 17.5 Å². The largest absolute Gasteiger partial charge is 0.454 e. The van der Waals surface area contributed by atoms with Crippen LogP contribution in [-0.2, 0) is 6.54 Å². The average molecular weight is 378 g/mol. The molecule has 0 saturated heterocycles. The second-order valence-electron chi connectivity index (χ2n) is 6.22. The highest BCUT2D eigenvalue weighted by Gasteiger charge is 2.17. The normalized spacial score (nSPS) is 13.0. The molecule has 0 unspecified atom stereocenters. The lowest BCUT2D eigenvalue weighted by molar-refractivity contribution is 0.0949. The fourth-order valence-electron chi connectivity index (χ4n) is 2.99. The quantitative estimate of drug-likeness (QED) is 0.555. The average Bonchev–Trinajstić information content (AvgIpc) is 3.20. The molecule has 1 N–H and O–H groups in total. The van der Waals surface area contributed by atoms with E-state index in [-0.39, 0.29) is 18.0 Å². The molecule has 1 aliphatic rings. The second kappa shape index (κ2) is 7.15. The molecule has 0 bridgehead atoms. The van der Waals surface area contributed by atoms with E-state index in [4.69, 9.17) is 9.47 Å². The Morgan fingerprint density at radius 2 is 1.93 bits per heavy atom. The van der Waals surface area contributed by atoms with Gasteiger partial charge in [-0.2, -0.15) is 10.2 Å². The zero-order valence-corrected chi connectivity index (χ0v) is 15.4. The van der Waals surface area contributed by atoms with E-state index >= 15 is 0 Å². The van der Waals surface area contributed by atoms with Crippen molar-refractivity contribution in [3.8, 4) is 11.5 Å². The maximum absolute atomic E-state index is 12.7. The third-order valence-corrected chi connectivity index (χ3v) is 4.50. The molecule has 8 heteroatoms. The van der Waals surface area contributed by atoms with Crippen LogP contribution >= 0.6 is 0 Å². The molecule has 0 atom stereocenters. The number of carbonyl (C=O) groups is 1. The van der Waals surface area contributed by atoms with Gasteiger partial charge in [0.2, 0.25) is 6.79 Å². The van der Waals surface area contributed by atoms with Crippen molar-refractivity contribution < 1.29 is 14.3 Å². The molecule has 3 aromatic rings. The highest BCUT2D eigenvalue weighted by Crippen LogP contribution is 2.32. The first-order valence-corrected chi connectivity index (χ1v) is 8.83. The molecule has 0 fully saturated rings. The Balaban J connectivity index is 1.64. The number of aromatic nitrogens is 2. The van der Waals surface area contributed by atoms with Crippen LogP contribution in [0.3, 0.4) is 0 Å². The highest BCUT2D eigenvalue weighted by molar-refractivity contribution is 6.06. The molecule has 4 rings (SSSR count). The predicted octanol–water partition coefficient (Wildman–Crippen LogP) is 2.30. The lowest BCUT2D eigenvalue weighted by atomic mass is 10.1. The summed E-state index contributed by atoms with van der Waals surface area (Å²) >= 11 is 0. The summed E-state index contributed by atoms with van der Waals surface area (Å²) in [5, 5.41) is 9.31. The Kier molecular flexibility index (Phi) is 4.52. The van der Waals surface area contributed by atoms with Crippen molar-refractivity contribution in [3.05, 3.63) is 64.1 Å². The number of nitrogens with one attached hydrogen (secondary N) is 1. The summed E-state index contributed by atoms with van der Waals surface area (Å²) in [7, 11) is 0. The summed E-state index contributed by atoms with van der Waals surface area (Å²) in [4.78, 5) is 25.1. The molecular formula is C20H18N4O4. The lowest BCUT2D eigenvalue weighted by Crippen LogP contribution is -2.28. The van der Waals surface area contributed by atoms with Crippen LogP contribution in [0, 0.1) is 0 Å². The van der Waals surface area contributed by atoms with Crippen LogP contribution in [0.15, 0.2) is 52.4 Å². The summed E-state index contributed by atoms with van der Waals surface area (Å²) in [6.45, 7) is 4.13. The number of hydrogen-bond donors (Lipinski definition) is 1. The van der Waals surface area contributed by atoms with E-state index in [0.717, 1.165) is 5.56 Å². The van der Waals surface area contributed by atoms with Crippen molar-refractivity contribution >= 4 is 22.4 Å². The summed E-state index contributed by atoms with van der Waals surface area (Å²) in [5.74, 6) is 0.831. The van der Waals surface area contributed by atoms with Gasteiger partial charge >= 0.3 is 0 Å². The van der Waals surface area contributed by atoms with Gasteiger partial charge in [-0.05, 0) is 38.1 Å². The van der Waals surface area contributed by atoms with Crippen LogP contribution < -0.4 is 20.5 Å². The van der Waals surface area contributed by atoms with Gasteiger partial charge in [0.05, 0.1) is 11.1 Å². The van der Waals surface area contributed by atoms with Gasteiger partial charge in [0.15, 0.2) is 17.2 Å². The number of amides is 1. The van der Waals surface area contributed by atoms with E-state index in [1.807, 2.05) is 6.07 Å². The number of fused-ring (bicyclic) bond motifs is 2. The van der Waals surface area contributed by atoms with Gasteiger partial charge in [-0.3, -0.25) is 9.59 Å². The van der Waals surface area contributed by atoms with E-state index < -0.39 is 5.91 Å². The zero-order valence-electron chi connectivity index (χ0n) is 15.4.